The monoisotopic (exact) mass is 254 g/mol. The topological polar surface area (TPSA) is 75.3 Å². The van der Waals surface area contributed by atoms with Crippen LogP contribution in [0, 0.1) is 0 Å². The minimum absolute atomic E-state index is 0.147. The van der Waals surface area contributed by atoms with Crippen LogP contribution in [-0.4, -0.2) is 29.1 Å². The second-order valence-corrected chi connectivity index (χ2v) is 4.72. The first-order valence-corrected chi connectivity index (χ1v) is 6.86. The number of benzene rings is 1. The van der Waals surface area contributed by atoms with Crippen molar-refractivity contribution >= 4 is 29.1 Å². The second-order valence-electron chi connectivity index (χ2n) is 3.81. The summed E-state index contributed by atoms with van der Waals surface area (Å²) in [6.45, 7) is 2.10. The van der Waals surface area contributed by atoms with E-state index in [1.807, 2.05) is 6.07 Å². The molecule has 0 aliphatic carbocycles. The number of nitrogens with two attached hydrogens (primary N) is 1. The SMILES string of the molecule is CCC(CSC)Nc1ccc(N)c(C(=O)O)c1. The molecule has 0 radical (unpaired) electrons. The minimum Gasteiger partial charge on any atom is -0.478 e. The Hall–Kier alpha value is -1.36. The highest BCUT2D eigenvalue weighted by Gasteiger charge is 2.10. The Kier molecular flexibility index (Phi) is 5.15. The Labute approximate surface area is 106 Å². The normalized spacial score (nSPS) is 12.1. The lowest BCUT2D eigenvalue weighted by atomic mass is 10.1. The first kappa shape index (κ1) is 13.7. The van der Waals surface area contributed by atoms with Crippen LogP contribution in [0.3, 0.4) is 0 Å². The summed E-state index contributed by atoms with van der Waals surface area (Å²) in [5.74, 6) is -0.00687. The fourth-order valence-electron chi connectivity index (χ4n) is 1.53. The molecule has 0 saturated carbocycles. The molecule has 0 aliphatic rings. The Morgan fingerprint density at radius 3 is 2.82 bits per heavy atom. The van der Waals surface area contributed by atoms with Crippen LogP contribution in [0.15, 0.2) is 18.2 Å². The smallest absolute Gasteiger partial charge is 0.337 e. The molecule has 0 saturated heterocycles. The molecular formula is C12H18N2O2S. The zero-order valence-electron chi connectivity index (χ0n) is 10.1. The Bertz CT molecular complexity index is 396. The quantitative estimate of drug-likeness (QED) is 0.680. The standard InChI is InChI=1S/C12H18N2O2S/c1-3-8(7-17-2)14-9-4-5-11(13)10(6-9)12(15)16/h4-6,8,14H,3,7,13H2,1-2H3,(H,15,16). The van der Waals surface area contributed by atoms with Gasteiger partial charge in [-0.1, -0.05) is 6.92 Å². The van der Waals surface area contributed by atoms with E-state index in [4.69, 9.17) is 10.8 Å². The lowest BCUT2D eigenvalue weighted by Crippen LogP contribution is -2.21. The van der Waals surface area contributed by atoms with E-state index in [0.29, 0.717) is 11.7 Å². The Morgan fingerprint density at radius 1 is 1.59 bits per heavy atom. The first-order valence-electron chi connectivity index (χ1n) is 5.46. The number of anilines is 2. The van der Waals surface area contributed by atoms with E-state index in [0.717, 1.165) is 17.9 Å². The molecule has 0 heterocycles. The van der Waals surface area contributed by atoms with Gasteiger partial charge < -0.3 is 16.2 Å². The highest BCUT2D eigenvalue weighted by Crippen LogP contribution is 2.19. The summed E-state index contributed by atoms with van der Waals surface area (Å²) < 4.78 is 0. The number of thioether (sulfide) groups is 1. The molecule has 0 aliphatic heterocycles. The molecule has 0 aromatic heterocycles. The number of carboxylic acid groups (broad SMARTS) is 1. The van der Waals surface area contributed by atoms with Crippen LogP contribution in [-0.2, 0) is 0 Å². The molecule has 5 heteroatoms. The number of nitrogens with one attached hydrogen (secondary N) is 1. The molecule has 1 unspecified atom stereocenters. The second kappa shape index (κ2) is 6.39. The summed E-state index contributed by atoms with van der Waals surface area (Å²) in [7, 11) is 0. The maximum Gasteiger partial charge on any atom is 0.337 e. The molecule has 94 valence electrons. The maximum atomic E-state index is 10.9. The van der Waals surface area contributed by atoms with Crippen LogP contribution < -0.4 is 11.1 Å². The van der Waals surface area contributed by atoms with Gasteiger partial charge in [-0.15, -0.1) is 0 Å². The maximum absolute atomic E-state index is 10.9. The van der Waals surface area contributed by atoms with Crippen molar-refractivity contribution in [3.8, 4) is 0 Å². The number of hydrogen-bond donors (Lipinski definition) is 3. The number of hydrogen-bond acceptors (Lipinski definition) is 4. The summed E-state index contributed by atoms with van der Waals surface area (Å²) in [6, 6.07) is 5.36. The van der Waals surface area contributed by atoms with E-state index in [9.17, 15) is 4.79 Å². The van der Waals surface area contributed by atoms with Gasteiger partial charge in [0.1, 0.15) is 0 Å². The zero-order chi connectivity index (χ0) is 12.8. The van der Waals surface area contributed by atoms with Crippen molar-refractivity contribution in [2.45, 2.75) is 19.4 Å². The van der Waals surface area contributed by atoms with Crippen LogP contribution in [0.4, 0.5) is 11.4 Å². The predicted octanol–water partition coefficient (Wildman–Crippen LogP) is 2.52. The van der Waals surface area contributed by atoms with Gasteiger partial charge in [-0.25, -0.2) is 4.79 Å². The van der Waals surface area contributed by atoms with Crippen LogP contribution in [0.5, 0.6) is 0 Å². The number of nitrogen functional groups attached to an aromatic ring is 1. The molecule has 1 aromatic carbocycles. The largest absolute Gasteiger partial charge is 0.478 e. The summed E-state index contributed by atoms with van der Waals surface area (Å²) >= 11 is 1.76. The molecule has 4 nitrogen and oxygen atoms in total. The molecule has 17 heavy (non-hydrogen) atoms. The van der Waals surface area contributed by atoms with Gasteiger partial charge in [0.25, 0.3) is 0 Å². The predicted molar refractivity (Wildman–Crippen MR) is 73.9 cm³/mol. The van der Waals surface area contributed by atoms with E-state index < -0.39 is 5.97 Å². The van der Waals surface area contributed by atoms with Crippen LogP contribution in [0.1, 0.15) is 23.7 Å². The number of rotatable bonds is 6. The molecule has 0 spiro atoms. The number of aromatic carboxylic acids is 1. The molecule has 1 rings (SSSR count). The third-order valence-corrected chi connectivity index (χ3v) is 3.25. The Balaban J connectivity index is 2.84. The van der Waals surface area contributed by atoms with Gasteiger partial charge >= 0.3 is 5.97 Å². The lowest BCUT2D eigenvalue weighted by Gasteiger charge is -2.17. The van der Waals surface area contributed by atoms with E-state index in [1.165, 1.54) is 0 Å². The van der Waals surface area contributed by atoms with Gasteiger partial charge in [0.15, 0.2) is 0 Å². The molecule has 4 N–H and O–H groups in total. The van der Waals surface area contributed by atoms with Crippen LogP contribution >= 0.6 is 11.8 Å². The van der Waals surface area contributed by atoms with Crippen LogP contribution in [0.25, 0.3) is 0 Å². The number of carbonyl (C=O) groups is 1. The molecule has 0 bridgehead atoms. The van der Waals surface area contributed by atoms with Crippen molar-refractivity contribution in [3.05, 3.63) is 23.8 Å². The van der Waals surface area contributed by atoms with Gasteiger partial charge in [-0.2, -0.15) is 11.8 Å². The molecule has 0 amide bonds. The molecule has 1 atom stereocenters. The van der Waals surface area contributed by atoms with E-state index >= 15 is 0 Å². The van der Waals surface area contributed by atoms with Gasteiger partial charge in [0.2, 0.25) is 0 Å². The molecule has 1 aromatic rings. The van der Waals surface area contributed by atoms with Crippen molar-refractivity contribution in [2.75, 3.05) is 23.1 Å². The third kappa shape index (κ3) is 3.85. The van der Waals surface area contributed by atoms with Gasteiger partial charge in [0.05, 0.1) is 5.56 Å². The lowest BCUT2D eigenvalue weighted by molar-refractivity contribution is 0.0698. The van der Waals surface area contributed by atoms with E-state index in [1.54, 1.807) is 23.9 Å². The third-order valence-electron chi connectivity index (χ3n) is 2.52. The van der Waals surface area contributed by atoms with Crippen molar-refractivity contribution in [2.24, 2.45) is 0 Å². The zero-order valence-corrected chi connectivity index (χ0v) is 10.9. The fraction of sp³-hybridized carbons (Fsp3) is 0.417. The average Bonchev–Trinajstić information content (AvgIpc) is 2.30. The van der Waals surface area contributed by atoms with Crippen molar-refractivity contribution in [3.63, 3.8) is 0 Å². The van der Waals surface area contributed by atoms with Gasteiger partial charge in [0, 0.05) is 23.2 Å². The van der Waals surface area contributed by atoms with Crippen molar-refractivity contribution in [1.29, 1.82) is 0 Å². The first-order chi connectivity index (χ1) is 8.08. The summed E-state index contributed by atoms with van der Waals surface area (Å²) in [4.78, 5) is 10.9. The van der Waals surface area contributed by atoms with E-state index in [-0.39, 0.29) is 5.56 Å². The van der Waals surface area contributed by atoms with Crippen molar-refractivity contribution < 1.29 is 9.90 Å². The Morgan fingerprint density at radius 2 is 2.29 bits per heavy atom. The van der Waals surface area contributed by atoms with Crippen molar-refractivity contribution in [1.82, 2.24) is 0 Å². The van der Waals surface area contributed by atoms with Gasteiger partial charge in [-0.3, -0.25) is 0 Å². The number of carboxylic acids is 1. The molecular weight excluding hydrogens is 236 g/mol. The highest BCUT2D eigenvalue weighted by molar-refractivity contribution is 7.98. The van der Waals surface area contributed by atoms with Gasteiger partial charge in [-0.05, 0) is 30.9 Å². The summed E-state index contributed by atoms with van der Waals surface area (Å²) in [6.07, 6.45) is 3.05. The minimum atomic E-state index is -0.996. The average molecular weight is 254 g/mol. The fourth-order valence-corrected chi connectivity index (χ4v) is 2.25. The summed E-state index contributed by atoms with van der Waals surface area (Å²) in [5, 5.41) is 12.3. The highest BCUT2D eigenvalue weighted by atomic mass is 32.2. The summed E-state index contributed by atoms with van der Waals surface area (Å²) in [5.41, 5.74) is 6.84. The molecule has 0 fully saturated rings. The van der Waals surface area contributed by atoms with Crippen LogP contribution in [0.2, 0.25) is 0 Å². The van der Waals surface area contributed by atoms with E-state index in [2.05, 4.69) is 18.5 Å².